The Morgan fingerprint density at radius 3 is 2.34 bits per heavy atom. The summed E-state index contributed by atoms with van der Waals surface area (Å²) < 4.78 is 1.34. The number of nitrogens with zero attached hydrogens (tertiary/aromatic N) is 2. The molecule has 1 aromatic heterocycles. The minimum absolute atomic E-state index is 0.0396. The average Bonchev–Trinajstić information content (AvgIpc) is 2.72. The molecule has 0 bridgehead atoms. The van der Waals surface area contributed by atoms with Gasteiger partial charge in [0.15, 0.2) is 5.69 Å². The van der Waals surface area contributed by atoms with Gasteiger partial charge in [0.05, 0.1) is 0 Å². The highest BCUT2D eigenvalue weighted by Crippen LogP contribution is 2.22. The molecule has 158 valence electrons. The van der Waals surface area contributed by atoms with Gasteiger partial charge in [-0.15, -0.1) is 11.8 Å². The third-order valence-electron chi connectivity index (χ3n) is 4.79. The van der Waals surface area contributed by atoms with Gasteiger partial charge in [-0.1, -0.05) is 33.1 Å². The number of amides is 1. The fourth-order valence-corrected chi connectivity index (χ4v) is 3.51. The summed E-state index contributed by atoms with van der Waals surface area (Å²) in [5, 5.41) is 0. The summed E-state index contributed by atoms with van der Waals surface area (Å²) in [6.45, 7) is 4.83. The topological polar surface area (TPSA) is 101 Å². The first kappa shape index (κ1) is 22.8. The molecule has 2 rings (SSSR count). The number of thioether (sulfide) groups is 1. The lowest BCUT2D eigenvalue weighted by Gasteiger charge is -2.24. The van der Waals surface area contributed by atoms with Crippen molar-refractivity contribution >= 4 is 29.2 Å². The molecule has 1 amide bonds. The van der Waals surface area contributed by atoms with Crippen LogP contribution in [0.4, 0.5) is 11.5 Å². The molecule has 2 aromatic rings. The van der Waals surface area contributed by atoms with Crippen LogP contribution in [0, 0.1) is 0 Å². The number of nitrogens with two attached hydrogens (primary N) is 1. The van der Waals surface area contributed by atoms with Crippen LogP contribution in [0.15, 0.2) is 38.8 Å². The minimum Gasteiger partial charge on any atom is -0.383 e. The molecule has 0 radical (unpaired) electrons. The summed E-state index contributed by atoms with van der Waals surface area (Å²) in [4.78, 5) is 43.0. The lowest BCUT2D eigenvalue weighted by Crippen LogP contribution is -2.41. The van der Waals surface area contributed by atoms with Crippen LogP contribution in [-0.4, -0.2) is 28.3 Å². The van der Waals surface area contributed by atoms with Gasteiger partial charge in [-0.25, -0.2) is 4.79 Å². The van der Waals surface area contributed by atoms with Crippen molar-refractivity contribution in [1.29, 1.82) is 0 Å². The van der Waals surface area contributed by atoms with Crippen LogP contribution < -0.4 is 21.9 Å². The molecule has 8 heteroatoms. The number of benzene rings is 1. The number of H-pyrrole nitrogens is 1. The van der Waals surface area contributed by atoms with Gasteiger partial charge >= 0.3 is 5.69 Å². The van der Waals surface area contributed by atoms with Gasteiger partial charge in [-0.3, -0.25) is 19.1 Å². The summed E-state index contributed by atoms with van der Waals surface area (Å²) >= 11 is 1.59. The summed E-state index contributed by atoms with van der Waals surface area (Å²) in [6.07, 6.45) is 6.22. The Morgan fingerprint density at radius 2 is 1.76 bits per heavy atom. The molecular formula is C21H30N4O3S. The van der Waals surface area contributed by atoms with Gasteiger partial charge in [0, 0.05) is 23.5 Å². The molecule has 0 saturated carbocycles. The molecule has 7 nitrogen and oxygen atoms in total. The second-order valence-electron chi connectivity index (χ2n) is 6.89. The number of unbranched alkanes of at least 4 members (excludes halogenated alkanes) is 3. The molecule has 29 heavy (non-hydrogen) atoms. The van der Waals surface area contributed by atoms with Gasteiger partial charge in [0.1, 0.15) is 5.82 Å². The van der Waals surface area contributed by atoms with Crippen molar-refractivity contribution in [2.75, 3.05) is 23.4 Å². The molecule has 3 N–H and O–H groups in total. The van der Waals surface area contributed by atoms with Crippen molar-refractivity contribution in [3.63, 3.8) is 0 Å². The number of nitrogens with one attached hydrogen (secondary N) is 1. The highest BCUT2D eigenvalue weighted by Gasteiger charge is 2.25. The Hall–Kier alpha value is -2.48. The van der Waals surface area contributed by atoms with E-state index in [9.17, 15) is 14.4 Å². The second-order valence-corrected chi connectivity index (χ2v) is 7.77. The fourth-order valence-electron chi connectivity index (χ4n) is 3.10. The number of anilines is 2. The zero-order valence-electron chi connectivity index (χ0n) is 17.4. The smallest absolute Gasteiger partial charge is 0.330 e. The first-order valence-electron chi connectivity index (χ1n) is 10.0. The molecule has 0 spiro atoms. The van der Waals surface area contributed by atoms with Crippen molar-refractivity contribution in [3.05, 3.63) is 50.7 Å². The van der Waals surface area contributed by atoms with E-state index in [4.69, 9.17) is 5.73 Å². The van der Waals surface area contributed by atoms with Crippen molar-refractivity contribution in [2.24, 2.45) is 0 Å². The minimum atomic E-state index is -0.633. The number of rotatable bonds is 10. The quantitative estimate of drug-likeness (QED) is 0.454. The van der Waals surface area contributed by atoms with Gasteiger partial charge in [0.25, 0.3) is 11.5 Å². The zero-order valence-corrected chi connectivity index (χ0v) is 18.2. The standard InChI is InChI=1S/C21H30N4O3S/c1-4-6-8-14-24(20(27)15-9-11-16(29-3)12-10-15)17-18(22)25(13-7-5-2)21(28)23-19(17)26/h9-12H,4-8,13-14,22H2,1-3H3,(H,23,26,28). The number of carbonyl (C=O) groups excluding carboxylic acids is 1. The van der Waals surface area contributed by atoms with Crippen LogP contribution in [0.3, 0.4) is 0 Å². The predicted octanol–water partition coefficient (Wildman–Crippen LogP) is 3.48. The number of carbonyl (C=O) groups is 1. The summed E-state index contributed by atoms with van der Waals surface area (Å²) in [6, 6.07) is 7.24. The molecule has 0 aliphatic carbocycles. The van der Waals surface area contributed by atoms with E-state index >= 15 is 0 Å². The Balaban J connectivity index is 2.52. The van der Waals surface area contributed by atoms with E-state index in [1.54, 1.807) is 23.9 Å². The largest absolute Gasteiger partial charge is 0.383 e. The lowest BCUT2D eigenvalue weighted by atomic mass is 10.1. The summed E-state index contributed by atoms with van der Waals surface area (Å²) in [5.41, 5.74) is 5.59. The van der Waals surface area contributed by atoms with Crippen molar-refractivity contribution in [3.8, 4) is 0 Å². The number of aromatic nitrogens is 2. The maximum Gasteiger partial charge on any atom is 0.330 e. The van der Waals surface area contributed by atoms with Crippen molar-refractivity contribution in [2.45, 2.75) is 57.4 Å². The number of hydrogen-bond donors (Lipinski definition) is 2. The van der Waals surface area contributed by atoms with E-state index in [1.165, 1.54) is 9.47 Å². The summed E-state index contributed by atoms with van der Waals surface area (Å²) in [7, 11) is 0. The van der Waals surface area contributed by atoms with Crippen LogP contribution in [0.5, 0.6) is 0 Å². The Labute approximate surface area is 175 Å². The lowest BCUT2D eigenvalue weighted by molar-refractivity contribution is 0.0986. The molecular weight excluding hydrogens is 388 g/mol. The van der Waals surface area contributed by atoms with E-state index in [1.807, 2.05) is 25.3 Å². The monoisotopic (exact) mass is 418 g/mol. The van der Waals surface area contributed by atoms with E-state index in [0.717, 1.165) is 37.0 Å². The number of hydrogen-bond acceptors (Lipinski definition) is 5. The maximum atomic E-state index is 13.3. The predicted molar refractivity (Wildman–Crippen MR) is 120 cm³/mol. The van der Waals surface area contributed by atoms with Gasteiger partial charge in [-0.05, 0) is 43.4 Å². The molecule has 0 unspecified atom stereocenters. The molecule has 1 aromatic carbocycles. The second kappa shape index (κ2) is 10.9. The van der Waals surface area contributed by atoms with E-state index in [-0.39, 0.29) is 17.4 Å². The van der Waals surface area contributed by atoms with Crippen LogP contribution in [-0.2, 0) is 6.54 Å². The van der Waals surface area contributed by atoms with E-state index < -0.39 is 11.2 Å². The highest BCUT2D eigenvalue weighted by molar-refractivity contribution is 7.98. The third kappa shape index (κ3) is 5.53. The number of nitrogen functional groups attached to an aromatic ring is 1. The normalized spacial score (nSPS) is 10.9. The summed E-state index contributed by atoms with van der Waals surface area (Å²) in [5.74, 6) is -0.260. The van der Waals surface area contributed by atoms with Crippen LogP contribution in [0.25, 0.3) is 0 Å². The Morgan fingerprint density at radius 1 is 1.10 bits per heavy atom. The Bertz CT molecular complexity index is 934. The van der Waals surface area contributed by atoms with Gasteiger partial charge in [0.2, 0.25) is 0 Å². The highest BCUT2D eigenvalue weighted by atomic mass is 32.2. The van der Waals surface area contributed by atoms with Crippen molar-refractivity contribution < 1.29 is 4.79 Å². The van der Waals surface area contributed by atoms with Crippen LogP contribution in [0.2, 0.25) is 0 Å². The zero-order chi connectivity index (χ0) is 21.4. The van der Waals surface area contributed by atoms with Crippen LogP contribution >= 0.6 is 11.8 Å². The SMILES string of the molecule is CCCCCN(C(=O)c1ccc(SC)cc1)c1c(N)n(CCCC)c(=O)[nH]c1=O. The molecule has 0 aliphatic rings. The number of aromatic amines is 1. The first-order valence-corrected chi connectivity index (χ1v) is 11.3. The third-order valence-corrected chi connectivity index (χ3v) is 5.53. The molecule has 0 fully saturated rings. The molecule has 0 atom stereocenters. The Kier molecular flexibility index (Phi) is 8.57. The average molecular weight is 419 g/mol. The molecule has 0 aliphatic heterocycles. The molecule has 1 heterocycles. The van der Waals surface area contributed by atoms with Crippen molar-refractivity contribution in [1.82, 2.24) is 9.55 Å². The fraction of sp³-hybridized carbons (Fsp3) is 0.476. The molecule has 0 saturated heterocycles. The maximum absolute atomic E-state index is 13.3. The first-order chi connectivity index (χ1) is 13.9. The van der Waals surface area contributed by atoms with E-state index in [2.05, 4.69) is 11.9 Å². The van der Waals surface area contributed by atoms with Gasteiger partial charge in [-0.2, -0.15) is 0 Å². The van der Waals surface area contributed by atoms with E-state index in [0.29, 0.717) is 18.7 Å². The van der Waals surface area contributed by atoms with Crippen LogP contribution in [0.1, 0.15) is 56.3 Å². The van der Waals surface area contributed by atoms with Gasteiger partial charge < -0.3 is 10.6 Å².